The largest absolute Gasteiger partial charge is 0.193 e. The SMILES string of the molecule is N#CC1=CCCC(c2ccccc2)C1. The highest BCUT2D eigenvalue weighted by Gasteiger charge is 2.16. The van der Waals surface area contributed by atoms with Gasteiger partial charge in [0, 0.05) is 5.57 Å². The first-order chi connectivity index (χ1) is 6.90. The molecule has 1 aromatic rings. The molecule has 0 aliphatic heterocycles. The number of nitriles is 1. The van der Waals surface area contributed by atoms with Crippen LogP contribution in [0, 0.1) is 11.3 Å². The van der Waals surface area contributed by atoms with E-state index in [-0.39, 0.29) is 0 Å². The number of rotatable bonds is 1. The summed E-state index contributed by atoms with van der Waals surface area (Å²) in [5.41, 5.74) is 2.32. The highest BCUT2D eigenvalue weighted by atomic mass is 14.3. The smallest absolute Gasteiger partial charge is 0.0943 e. The van der Waals surface area contributed by atoms with Crippen molar-refractivity contribution in [2.45, 2.75) is 25.2 Å². The second-order valence-corrected chi connectivity index (χ2v) is 3.73. The minimum Gasteiger partial charge on any atom is -0.193 e. The van der Waals surface area contributed by atoms with E-state index in [1.54, 1.807) is 0 Å². The van der Waals surface area contributed by atoms with E-state index in [0.29, 0.717) is 5.92 Å². The predicted molar refractivity (Wildman–Crippen MR) is 56.7 cm³/mol. The third kappa shape index (κ3) is 1.85. The van der Waals surface area contributed by atoms with Gasteiger partial charge in [0.1, 0.15) is 0 Å². The molecule has 1 unspecified atom stereocenters. The highest BCUT2D eigenvalue weighted by Crippen LogP contribution is 2.32. The molecule has 0 radical (unpaired) electrons. The lowest BCUT2D eigenvalue weighted by molar-refractivity contribution is 0.605. The molecule has 14 heavy (non-hydrogen) atoms. The van der Waals surface area contributed by atoms with Gasteiger partial charge in [-0.3, -0.25) is 0 Å². The van der Waals surface area contributed by atoms with E-state index in [4.69, 9.17) is 5.26 Å². The van der Waals surface area contributed by atoms with E-state index in [0.717, 1.165) is 18.4 Å². The van der Waals surface area contributed by atoms with Crippen molar-refractivity contribution in [3.63, 3.8) is 0 Å². The van der Waals surface area contributed by atoms with Gasteiger partial charge in [0.2, 0.25) is 0 Å². The molecule has 2 rings (SSSR count). The average Bonchev–Trinajstić information content (AvgIpc) is 2.30. The zero-order valence-corrected chi connectivity index (χ0v) is 8.11. The topological polar surface area (TPSA) is 23.8 Å². The van der Waals surface area contributed by atoms with Crippen molar-refractivity contribution in [3.05, 3.63) is 47.5 Å². The van der Waals surface area contributed by atoms with Crippen molar-refractivity contribution in [2.24, 2.45) is 0 Å². The molecule has 1 nitrogen and oxygen atoms in total. The summed E-state index contributed by atoms with van der Waals surface area (Å²) in [6.45, 7) is 0. The van der Waals surface area contributed by atoms with E-state index in [1.165, 1.54) is 12.0 Å². The van der Waals surface area contributed by atoms with E-state index >= 15 is 0 Å². The number of allylic oxidation sites excluding steroid dienone is 2. The van der Waals surface area contributed by atoms with Gasteiger partial charge in [0.15, 0.2) is 0 Å². The van der Waals surface area contributed by atoms with Crippen LogP contribution in [0.3, 0.4) is 0 Å². The Morgan fingerprint density at radius 1 is 1.21 bits per heavy atom. The van der Waals surface area contributed by atoms with Gasteiger partial charge < -0.3 is 0 Å². The first-order valence-corrected chi connectivity index (χ1v) is 5.04. The second kappa shape index (κ2) is 4.11. The van der Waals surface area contributed by atoms with E-state index in [1.807, 2.05) is 6.07 Å². The normalized spacial score (nSPS) is 21.1. The van der Waals surface area contributed by atoms with Crippen molar-refractivity contribution in [2.75, 3.05) is 0 Å². The predicted octanol–water partition coefficient (Wildman–Crippen LogP) is 3.40. The van der Waals surface area contributed by atoms with Gasteiger partial charge in [-0.05, 0) is 30.7 Å². The van der Waals surface area contributed by atoms with Crippen LogP contribution in [0.1, 0.15) is 30.7 Å². The molecule has 1 heteroatoms. The van der Waals surface area contributed by atoms with Crippen molar-refractivity contribution >= 4 is 0 Å². The lowest BCUT2D eigenvalue weighted by Gasteiger charge is -2.19. The van der Waals surface area contributed by atoms with Crippen LogP contribution in [-0.2, 0) is 0 Å². The summed E-state index contributed by atoms with van der Waals surface area (Å²) < 4.78 is 0. The quantitative estimate of drug-likeness (QED) is 0.654. The summed E-state index contributed by atoms with van der Waals surface area (Å²) in [5, 5.41) is 8.84. The summed E-state index contributed by atoms with van der Waals surface area (Å²) in [7, 11) is 0. The third-order valence-electron chi connectivity index (χ3n) is 2.79. The van der Waals surface area contributed by atoms with E-state index in [9.17, 15) is 0 Å². The van der Waals surface area contributed by atoms with Gasteiger partial charge in [-0.1, -0.05) is 36.4 Å². The van der Waals surface area contributed by atoms with Crippen LogP contribution in [-0.4, -0.2) is 0 Å². The minimum absolute atomic E-state index is 0.552. The number of hydrogen-bond donors (Lipinski definition) is 0. The zero-order valence-electron chi connectivity index (χ0n) is 8.11. The first kappa shape index (κ1) is 9.02. The van der Waals surface area contributed by atoms with Crippen molar-refractivity contribution in [1.82, 2.24) is 0 Å². The highest BCUT2D eigenvalue weighted by molar-refractivity contribution is 5.29. The summed E-state index contributed by atoms with van der Waals surface area (Å²) >= 11 is 0. The first-order valence-electron chi connectivity index (χ1n) is 5.04. The fourth-order valence-corrected chi connectivity index (χ4v) is 2.01. The van der Waals surface area contributed by atoms with Crippen LogP contribution < -0.4 is 0 Å². The summed E-state index contributed by atoms with van der Waals surface area (Å²) in [6.07, 6.45) is 5.21. The molecular weight excluding hydrogens is 170 g/mol. The second-order valence-electron chi connectivity index (χ2n) is 3.73. The summed E-state index contributed by atoms with van der Waals surface area (Å²) in [6, 6.07) is 12.8. The molecule has 1 aliphatic carbocycles. The molecule has 0 saturated heterocycles. The molecule has 1 aliphatic rings. The standard InChI is InChI=1S/C13H13N/c14-10-11-5-4-8-13(9-11)12-6-2-1-3-7-12/h1-3,5-7,13H,4,8-9H2. The lowest BCUT2D eigenvalue weighted by Crippen LogP contribution is -2.04. The fourth-order valence-electron chi connectivity index (χ4n) is 2.01. The maximum Gasteiger partial charge on any atom is 0.0943 e. The molecule has 0 spiro atoms. The minimum atomic E-state index is 0.552. The average molecular weight is 183 g/mol. The number of hydrogen-bond acceptors (Lipinski definition) is 1. The fraction of sp³-hybridized carbons (Fsp3) is 0.308. The number of nitrogens with zero attached hydrogens (tertiary/aromatic N) is 1. The monoisotopic (exact) mass is 183 g/mol. The molecule has 0 saturated carbocycles. The van der Waals surface area contributed by atoms with Gasteiger partial charge in [-0.15, -0.1) is 0 Å². The Labute approximate surface area is 84.7 Å². The van der Waals surface area contributed by atoms with Crippen molar-refractivity contribution in [3.8, 4) is 6.07 Å². The molecule has 70 valence electrons. The Morgan fingerprint density at radius 3 is 2.71 bits per heavy atom. The Balaban J connectivity index is 2.16. The van der Waals surface area contributed by atoms with Gasteiger partial charge in [-0.2, -0.15) is 5.26 Å². The number of benzene rings is 1. The van der Waals surface area contributed by atoms with Gasteiger partial charge in [0.05, 0.1) is 6.07 Å². The van der Waals surface area contributed by atoms with E-state index < -0.39 is 0 Å². The maximum absolute atomic E-state index is 8.84. The molecule has 0 bridgehead atoms. The summed E-state index contributed by atoms with van der Waals surface area (Å²) in [4.78, 5) is 0. The van der Waals surface area contributed by atoms with Gasteiger partial charge in [0.25, 0.3) is 0 Å². The van der Waals surface area contributed by atoms with Crippen LogP contribution in [0.4, 0.5) is 0 Å². The van der Waals surface area contributed by atoms with Crippen LogP contribution in [0.15, 0.2) is 42.0 Å². The maximum atomic E-state index is 8.84. The molecule has 0 N–H and O–H groups in total. The van der Waals surface area contributed by atoms with Crippen molar-refractivity contribution in [1.29, 1.82) is 5.26 Å². The molecule has 0 amide bonds. The van der Waals surface area contributed by atoms with Crippen molar-refractivity contribution < 1.29 is 0 Å². The van der Waals surface area contributed by atoms with Crippen LogP contribution >= 0.6 is 0 Å². The van der Waals surface area contributed by atoms with Crippen LogP contribution in [0.5, 0.6) is 0 Å². The molecule has 0 aromatic heterocycles. The van der Waals surface area contributed by atoms with E-state index in [2.05, 4.69) is 36.4 Å². The molecular formula is C13H13N. The molecule has 0 heterocycles. The Hall–Kier alpha value is -1.55. The third-order valence-corrected chi connectivity index (χ3v) is 2.79. The summed E-state index contributed by atoms with van der Waals surface area (Å²) in [5.74, 6) is 0.552. The molecule has 1 aromatic carbocycles. The zero-order chi connectivity index (χ0) is 9.80. The molecule has 1 atom stereocenters. The Bertz CT molecular complexity index is 370. The van der Waals surface area contributed by atoms with Gasteiger partial charge >= 0.3 is 0 Å². The van der Waals surface area contributed by atoms with Crippen LogP contribution in [0.2, 0.25) is 0 Å². The lowest BCUT2D eigenvalue weighted by atomic mass is 9.84. The van der Waals surface area contributed by atoms with Gasteiger partial charge in [-0.25, -0.2) is 0 Å². The molecule has 0 fully saturated rings. The Morgan fingerprint density at radius 2 is 2.00 bits per heavy atom. The Kier molecular flexibility index (Phi) is 2.65. The van der Waals surface area contributed by atoms with Crippen LogP contribution in [0.25, 0.3) is 0 Å².